The molecular weight excluding hydrogens is 507 g/mol. The fourth-order valence-corrected chi connectivity index (χ4v) is 5.22. The number of aromatic amines is 1. The molecule has 0 unspecified atom stereocenters. The van der Waals surface area contributed by atoms with Crippen LogP contribution in [0.1, 0.15) is 53.0 Å². The largest absolute Gasteiger partial charge is 0.497 e. The number of nitrogens with one attached hydrogen (secondary N) is 1. The number of benzene rings is 3. The third kappa shape index (κ3) is 5.94. The van der Waals surface area contributed by atoms with Crippen molar-refractivity contribution in [1.29, 1.82) is 0 Å². The van der Waals surface area contributed by atoms with E-state index < -0.39 is 0 Å². The minimum atomic E-state index is -0.288. The average Bonchev–Trinajstić information content (AvgIpc) is 3.39. The summed E-state index contributed by atoms with van der Waals surface area (Å²) in [5, 5.41) is 13.7. The highest BCUT2D eigenvalue weighted by molar-refractivity contribution is 5.83. The molecule has 0 fully saturated rings. The molecule has 1 atom stereocenters. The van der Waals surface area contributed by atoms with E-state index in [1.165, 1.54) is 12.1 Å². The first-order valence-corrected chi connectivity index (χ1v) is 13.3. The van der Waals surface area contributed by atoms with Gasteiger partial charge in [0.2, 0.25) is 0 Å². The number of fused-ring (bicyclic) bond motifs is 1. The first-order chi connectivity index (χ1) is 19.3. The van der Waals surface area contributed by atoms with Gasteiger partial charge >= 0.3 is 0 Å². The van der Waals surface area contributed by atoms with Gasteiger partial charge in [-0.05, 0) is 89.3 Å². The van der Waals surface area contributed by atoms with E-state index in [1.807, 2.05) is 43.3 Å². The van der Waals surface area contributed by atoms with Gasteiger partial charge in [0.05, 0.1) is 19.7 Å². The molecule has 0 spiro atoms. The Kier molecular flexibility index (Phi) is 8.02. The highest BCUT2D eigenvalue weighted by atomic mass is 19.1. The Labute approximate surface area is 232 Å². The molecule has 0 saturated carbocycles. The SMILES string of the molecule is CC[C@@H](c1nnnn1Cc1ccc(F)cc1)N(Cc1ccc(OC)cc1)Cc1cc2c(C)cc(C)cc2[nH]c1=O. The van der Waals surface area contributed by atoms with Crippen LogP contribution in [0.4, 0.5) is 4.39 Å². The molecule has 9 heteroatoms. The van der Waals surface area contributed by atoms with Crippen LogP contribution in [-0.2, 0) is 19.6 Å². The smallest absolute Gasteiger partial charge is 0.252 e. The van der Waals surface area contributed by atoms with Crippen LogP contribution in [0.15, 0.2) is 71.5 Å². The Morgan fingerprint density at radius 2 is 1.73 bits per heavy atom. The second-order valence-corrected chi connectivity index (χ2v) is 10.2. The fraction of sp³-hybridized carbons (Fsp3) is 0.290. The van der Waals surface area contributed by atoms with E-state index >= 15 is 0 Å². The Bertz CT molecular complexity index is 1660. The third-order valence-electron chi connectivity index (χ3n) is 7.24. The lowest BCUT2D eigenvalue weighted by Gasteiger charge is -2.30. The Morgan fingerprint density at radius 1 is 1.00 bits per heavy atom. The lowest BCUT2D eigenvalue weighted by molar-refractivity contribution is 0.161. The Morgan fingerprint density at radius 3 is 2.42 bits per heavy atom. The van der Waals surface area contributed by atoms with Crippen LogP contribution in [0.5, 0.6) is 5.75 Å². The zero-order chi connectivity index (χ0) is 28.2. The number of pyridine rings is 1. The van der Waals surface area contributed by atoms with Crippen LogP contribution < -0.4 is 10.3 Å². The maximum absolute atomic E-state index is 13.5. The molecule has 8 nitrogen and oxygen atoms in total. The van der Waals surface area contributed by atoms with Crippen molar-refractivity contribution in [2.24, 2.45) is 0 Å². The number of hydrogen-bond acceptors (Lipinski definition) is 6. The topological polar surface area (TPSA) is 88.9 Å². The number of nitrogens with zero attached hydrogens (tertiary/aromatic N) is 5. The normalized spacial score (nSPS) is 12.2. The number of hydrogen-bond donors (Lipinski definition) is 1. The first-order valence-electron chi connectivity index (χ1n) is 13.3. The minimum Gasteiger partial charge on any atom is -0.497 e. The van der Waals surface area contributed by atoms with E-state index in [4.69, 9.17) is 4.74 Å². The van der Waals surface area contributed by atoms with Crippen molar-refractivity contribution in [1.82, 2.24) is 30.1 Å². The number of methoxy groups -OCH3 is 1. The molecule has 206 valence electrons. The molecule has 0 aliphatic heterocycles. The van der Waals surface area contributed by atoms with Gasteiger partial charge in [-0.1, -0.05) is 37.3 Å². The zero-order valence-electron chi connectivity index (χ0n) is 23.2. The Hall–Kier alpha value is -4.37. The van der Waals surface area contributed by atoms with Crippen LogP contribution in [0.25, 0.3) is 10.9 Å². The molecule has 1 N–H and O–H groups in total. The highest BCUT2D eigenvalue weighted by Gasteiger charge is 2.26. The van der Waals surface area contributed by atoms with Crippen LogP contribution in [-0.4, -0.2) is 37.2 Å². The number of halogens is 1. The number of tetrazole rings is 1. The van der Waals surface area contributed by atoms with Crippen LogP contribution in [0.2, 0.25) is 0 Å². The molecule has 5 aromatic rings. The van der Waals surface area contributed by atoms with Gasteiger partial charge in [-0.2, -0.15) is 0 Å². The number of rotatable bonds is 10. The summed E-state index contributed by atoms with van der Waals surface area (Å²) in [6, 6.07) is 20.2. The van der Waals surface area contributed by atoms with Gasteiger partial charge in [0.1, 0.15) is 11.6 Å². The molecule has 0 amide bonds. The molecule has 0 aliphatic carbocycles. The standard InChI is InChI=1S/C31H33FN6O2/c1-5-29(30-34-35-36-38(30)18-23-6-10-25(32)11-7-23)37(17-22-8-12-26(40-4)13-9-22)19-24-16-27-21(3)14-20(2)15-28(27)33-31(24)39/h6-16,29H,5,17-19H2,1-4H3,(H,33,39)/t29-/m0/s1. The van der Waals surface area contributed by atoms with Crippen molar-refractivity contribution in [2.45, 2.75) is 52.9 Å². The van der Waals surface area contributed by atoms with Crippen molar-refractivity contribution in [3.8, 4) is 5.75 Å². The predicted octanol–water partition coefficient (Wildman–Crippen LogP) is 5.48. The third-order valence-corrected chi connectivity index (χ3v) is 7.24. The summed E-state index contributed by atoms with van der Waals surface area (Å²) in [5.74, 6) is 1.18. The minimum absolute atomic E-state index is 0.113. The number of H-pyrrole nitrogens is 1. The summed E-state index contributed by atoms with van der Waals surface area (Å²) >= 11 is 0. The quantitative estimate of drug-likeness (QED) is 0.252. The maximum Gasteiger partial charge on any atom is 0.252 e. The summed E-state index contributed by atoms with van der Waals surface area (Å²) in [6.45, 7) is 7.54. The van der Waals surface area contributed by atoms with Gasteiger partial charge in [-0.3, -0.25) is 9.69 Å². The van der Waals surface area contributed by atoms with Gasteiger partial charge in [0, 0.05) is 29.6 Å². The van der Waals surface area contributed by atoms with Gasteiger partial charge in [-0.25, -0.2) is 9.07 Å². The van der Waals surface area contributed by atoms with E-state index in [9.17, 15) is 9.18 Å². The predicted molar refractivity (Wildman–Crippen MR) is 153 cm³/mol. The number of aromatic nitrogens is 5. The summed E-state index contributed by atoms with van der Waals surface area (Å²) in [5.41, 5.74) is 5.58. The van der Waals surface area contributed by atoms with Crippen molar-refractivity contribution >= 4 is 10.9 Å². The molecule has 3 aromatic carbocycles. The molecule has 5 rings (SSSR count). The van der Waals surface area contributed by atoms with E-state index in [-0.39, 0.29) is 17.4 Å². The molecular formula is C31H33FN6O2. The average molecular weight is 541 g/mol. The van der Waals surface area contributed by atoms with E-state index in [0.717, 1.165) is 38.9 Å². The summed E-state index contributed by atoms with van der Waals surface area (Å²) < 4.78 is 20.6. The number of aryl methyl sites for hydroxylation is 2. The monoisotopic (exact) mass is 540 g/mol. The second kappa shape index (κ2) is 11.8. The lowest BCUT2D eigenvalue weighted by atomic mass is 10.0. The summed E-state index contributed by atoms with van der Waals surface area (Å²) in [4.78, 5) is 18.6. The van der Waals surface area contributed by atoms with Gasteiger partial charge in [-0.15, -0.1) is 5.10 Å². The first kappa shape index (κ1) is 27.2. The summed E-state index contributed by atoms with van der Waals surface area (Å²) in [6.07, 6.45) is 0.712. The van der Waals surface area contributed by atoms with E-state index in [2.05, 4.69) is 45.3 Å². The highest BCUT2D eigenvalue weighted by Crippen LogP contribution is 2.28. The van der Waals surface area contributed by atoms with Gasteiger partial charge in [0.15, 0.2) is 5.82 Å². The second-order valence-electron chi connectivity index (χ2n) is 10.2. The molecule has 2 aromatic heterocycles. The van der Waals surface area contributed by atoms with E-state index in [1.54, 1.807) is 23.9 Å². The van der Waals surface area contributed by atoms with Crippen molar-refractivity contribution in [2.75, 3.05) is 7.11 Å². The van der Waals surface area contributed by atoms with Gasteiger partial charge < -0.3 is 9.72 Å². The zero-order valence-corrected chi connectivity index (χ0v) is 23.2. The summed E-state index contributed by atoms with van der Waals surface area (Å²) in [7, 11) is 1.64. The van der Waals surface area contributed by atoms with Crippen molar-refractivity contribution < 1.29 is 9.13 Å². The van der Waals surface area contributed by atoms with Crippen molar-refractivity contribution in [3.05, 3.63) is 117 Å². The van der Waals surface area contributed by atoms with Gasteiger partial charge in [0.25, 0.3) is 5.56 Å². The number of ether oxygens (including phenoxy) is 1. The molecule has 0 saturated heterocycles. The van der Waals surface area contributed by atoms with Crippen LogP contribution in [0, 0.1) is 19.7 Å². The van der Waals surface area contributed by atoms with Crippen LogP contribution >= 0.6 is 0 Å². The Balaban J connectivity index is 1.53. The maximum atomic E-state index is 13.5. The molecule has 40 heavy (non-hydrogen) atoms. The van der Waals surface area contributed by atoms with Crippen LogP contribution in [0.3, 0.4) is 0 Å². The molecule has 0 aliphatic rings. The lowest BCUT2D eigenvalue weighted by Crippen LogP contribution is -2.32. The van der Waals surface area contributed by atoms with Crippen molar-refractivity contribution in [3.63, 3.8) is 0 Å². The molecule has 0 bridgehead atoms. The molecule has 2 heterocycles. The van der Waals surface area contributed by atoms with E-state index in [0.29, 0.717) is 37.4 Å². The fourth-order valence-electron chi connectivity index (χ4n) is 5.22. The molecule has 0 radical (unpaired) electrons.